The predicted molar refractivity (Wildman–Crippen MR) is 71.1 cm³/mol. The van der Waals surface area contributed by atoms with Crippen molar-refractivity contribution in [2.45, 2.75) is 65.2 Å². The van der Waals surface area contributed by atoms with E-state index in [1.165, 1.54) is 12.8 Å². The van der Waals surface area contributed by atoms with Gasteiger partial charge >= 0.3 is 0 Å². The van der Waals surface area contributed by atoms with E-state index in [1.54, 1.807) is 0 Å². The summed E-state index contributed by atoms with van der Waals surface area (Å²) in [6.07, 6.45) is 3.42. The van der Waals surface area contributed by atoms with Gasteiger partial charge in [0.15, 0.2) is 0 Å². The SMILES string of the molecule is CC(C)CC(C)OCC(O)CNC1CC(C)C1. The lowest BCUT2D eigenvalue weighted by atomic mass is 9.82. The first-order valence-corrected chi connectivity index (χ1v) is 7.00. The Hall–Kier alpha value is -0.120. The normalized spacial score (nSPS) is 27.9. The zero-order chi connectivity index (χ0) is 12.8. The third kappa shape index (κ3) is 6.39. The molecule has 1 aliphatic rings. The maximum absolute atomic E-state index is 9.78. The van der Waals surface area contributed by atoms with Gasteiger partial charge in [-0.05, 0) is 38.0 Å². The van der Waals surface area contributed by atoms with Gasteiger partial charge in [0.25, 0.3) is 0 Å². The molecule has 0 aromatic rings. The van der Waals surface area contributed by atoms with Crippen molar-refractivity contribution in [1.29, 1.82) is 0 Å². The number of hydrogen-bond acceptors (Lipinski definition) is 3. The highest BCUT2D eigenvalue weighted by molar-refractivity contribution is 4.82. The van der Waals surface area contributed by atoms with Crippen LogP contribution >= 0.6 is 0 Å². The van der Waals surface area contributed by atoms with Gasteiger partial charge in [-0.3, -0.25) is 0 Å². The summed E-state index contributed by atoms with van der Waals surface area (Å²) in [5, 5.41) is 13.2. The van der Waals surface area contributed by atoms with Crippen LogP contribution in [0.1, 0.15) is 47.0 Å². The van der Waals surface area contributed by atoms with Crippen molar-refractivity contribution in [3.63, 3.8) is 0 Å². The summed E-state index contributed by atoms with van der Waals surface area (Å²) in [6, 6.07) is 0.618. The zero-order valence-corrected chi connectivity index (χ0v) is 11.8. The van der Waals surface area contributed by atoms with Crippen LogP contribution < -0.4 is 5.32 Å². The number of rotatable bonds is 8. The topological polar surface area (TPSA) is 41.5 Å². The number of nitrogens with one attached hydrogen (secondary N) is 1. The third-order valence-electron chi connectivity index (χ3n) is 3.39. The molecule has 0 aromatic heterocycles. The molecule has 102 valence electrons. The van der Waals surface area contributed by atoms with Gasteiger partial charge in [0.1, 0.15) is 0 Å². The predicted octanol–water partition coefficient (Wildman–Crippen LogP) is 2.19. The second-order valence-electron chi connectivity index (χ2n) is 6.11. The van der Waals surface area contributed by atoms with Gasteiger partial charge in [-0.1, -0.05) is 20.8 Å². The lowest BCUT2D eigenvalue weighted by Crippen LogP contribution is -2.44. The second-order valence-corrected chi connectivity index (χ2v) is 6.11. The third-order valence-corrected chi connectivity index (χ3v) is 3.39. The molecule has 0 aromatic carbocycles. The Morgan fingerprint density at radius 3 is 2.47 bits per heavy atom. The Labute approximate surface area is 106 Å². The number of ether oxygens (including phenoxy) is 1. The summed E-state index contributed by atoms with van der Waals surface area (Å²) in [5.41, 5.74) is 0. The molecule has 0 heterocycles. The standard InChI is InChI=1S/C14H29NO2/c1-10(2)5-12(4)17-9-14(16)8-15-13-6-11(3)7-13/h10-16H,5-9H2,1-4H3. The van der Waals surface area contributed by atoms with Crippen LogP contribution in [-0.2, 0) is 4.74 Å². The maximum atomic E-state index is 9.78. The lowest BCUT2D eigenvalue weighted by molar-refractivity contribution is -0.0106. The molecule has 1 aliphatic carbocycles. The van der Waals surface area contributed by atoms with Crippen molar-refractivity contribution in [2.75, 3.05) is 13.2 Å². The van der Waals surface area contributed by atoms with Crippen molar-refractivity contribution in [3.05, 3.63) is 0 Å². The summed E-state index contributed by atoms with van der Waals surface area (Å²) in [4.78, 5) is 0. The van der Waals surface area contributed by atoms with Crippen LogP contribution in [0.2, 0.25) is 0 Å². The van der Waals surface area contributed by atoms with Gasteiger partial charge < -0.3 is 15.2 Å². The molecule has 17 heavy (non-hydrogen) atoms. The Kier molecular flexibility index (Phi) is 6.45. The highest BCUT2D eigenvalue weighted by Crippen LogP contribution is 2.25. The summed E-state index contributed by atoms with van der Waals surface area (Å²) in [7, 11) is 0. The average Bonchev–Trinajstić information content (AvgIpc) is 2.19. The van der Waals surface area contributed by atoms with Crippen LogP contribution in [0.15, 0.2) is 0 Å². The molecular formula is C14H29NO2. The molecule has 1 rings (SSSR count). The van der Waals surface area contributed by atoms with Crippen molar-refractivity contribution in [3.8, 4) is 0 Å². The van der Waals surface area contributed by atoms with E-state index >= 15 is 0 Å². The fourth-order valence-electron chi connectivity index (χ4n) is 2.44. The first-order chi connectivity index (χ1) is 7.97. The van der Waals surface area contributed by atoms with Crippen molar-refractivity contribution >= 4 is 0 Å². The smallest absolute Gasteiger partial charge is 0.0897 e. The fourth-order valence-corrected chi connectivity index (χ4v) is 2.44. The van der Waals surface area contributed by atoms with E-state index in [1.807, 2.05) is 0 Å². The Morgan fingerprint density at radius 1 is 1.29 bits per heavy atom. The molecule has 2 unspecified atom stereocenters. The van der Waals surface area contributed by atoms with Crippen LogP contribution in [0, 0.1) is 11.8 Å². The van der Waals surface area contributed by atoms with Gasteiger partial charge in [-0.15, -0.1) is 0 Å². The van der Waals surface area contributed by atoms with Gasteiger partial charge in [0.05, 0.1) is 18.8 Å². The minimum absolute atomic E-state index is 0.244. The molecule has 3 heteroatoms. The summed E-state index contributed by atoms with van der Waals surface area (Å²) in [5.74, 6) is 1.50. The van der Waals surface area contributed by atoms with Crippen molar-refractivity contribution in [2.24, 2.45) is 11.8 Å². The molecule has 2 atom stereocenters. The molecular weight excluding hydrogens is 214 g/mol. The van der Waals surface area contributed by atoms with Gasteiger partial charge in [-0.2, -0.15) is 0 Å². The Morgan fingerprint density at radius 2 is 1.94 bits per heavy atom. The molecule has 1 saturated carbocycles. The molecule has 0 saturated heterocycles. The lowest BCUT2D eigenvalue weighted by Gasteiger charge is -2.34. The average molecular weight is 243 g/mol. The molecule has 0 amide bonds. The van der Waals surface area contributed by atoms with E-state index in [4.69, 9.17) is 4.74 Å². The molecule has 0 spiro atoms. The van der Waals surface area contributed by atoms with Crippen molar-refractivity contribution < 1.29 is 9.84 Å². The molecule has 0 radical (unpaired) electrons. The summed E-state index contributed by atoms with van der Waals surface area (Å²) < 4.78 is 5.63. The molecule has 2 N–H and O–H groups in total. The van der Waals surface area contributed by atoms with E-state index in [2.05, 4.69) is 33.0 Å². The van der Waals surface area contributed by atoms with E-state index < -0.39 is 0 Å². The Bertz CT molecular complexity index is 202. The molecule has 0 bridgehead atoms. The van der Waals surface area contributed by atoms with E-state index in [0.717, 1.165) is 12.3 Å². The number of hydrogen-bond donors (Lipinski definition) is 2. The molecule has 1 fully saturated rings. The monoisotopic (exact) mass is 243 g/mol. The minimum Gasteiger partial charge on any atom is -0.389 e. The highest BCUT2D eigenvalue weighted by atomic mass is 16.5. The number of aliphatic hydroxyl groups excluding tert-OH is 1. The fraction of sp³-hybridized carbons (Fsp3) is 1.00. The van der Waals surface area contributed by atoms with E-state index in [0.29, 0.717) is 25.1 Å². The van der Waals surface area contributed by atoms with Gasteiger partial charge in [0.2, 0.25) is 0 Å². The van der Waals surface area contributed by atoms with Crippen LogP contribution in [0.25, 0.3) is 0 Å². The number of aliphatic hydroxyl groups is 1. The van der Waals surface area contributed by atoms with Crippen LogP contribution in [0.4, 0.5) is 0 Å². The van der Waals surface area contributed by atoms with E-state index in [-0.39, 0.29) is 12.2 Å². The van der Waals surface area contributed by atoms with Gasteiger partial charge in [0, 0.05) is 12.6 Å². The second kappa shape index (κ2) is 7.34. The zero-order valence-electron chi connectivity index (χ0n) is 11.8. The maximum Gasteiger partial charge on any atom is 0.0897 e. The minimum atomic E-state index is -0.375. The highest BCUT2D eigenvalue weighted by Gasteiger charge is 2.25. The van der Waals surface area contributed by atoms with E-state index in [9.17, 15) is 5.11 Å². The summed E-state index contributed by atoms with van der Waals surface area (Å²) in [6.45, 7) is 9.83. The van der Waals surface area contributed by atoms with Gasteiger partial charge in [-0.25, -0.2) is 0 Å². The summed E-state index contributed by atoms with van der Waals surface area (Å²) >= 11 is 0. The first-order valence-electron chi connectivity index (χ1n) is 7.00. The largest absolute Gasteiger partial charge is 0.389 e. The quantitative estimate of drug-likeness (QED) is 0.686. The Balaban J connectivity index is 1.98. The van der Waals surface area contributed by atoms with Crippen LogP contribution in [-0.4, -0.2) is 36.5 Å². The molecule has 3 nitrogen and oxygen atoms in total. The first kappa shape index (κ1) is 14.9. The van der Waals surface area contributed by atoms with Crippen molar-refractivity contribution in [1.82, 2.24) is 5.32 Å². The van der Waals surface area contributed by atoms with Crippen LogP contribution in [0.5, 0.6) is 0 Å². The molecule has 0 aliphatic heterocycles. The van der Waals surface area contributed by atoms with Crippen LogP contribution in [0.3, 0.4) is 0 Å².